The van der Waals surface area contributed by atoms with Crippen LogP contribution in [-0.2, 0) is 28.7 Å². The molecule has 3 saturated heterocycles. The van der Waals surface area contributed by atoms with E-state index in [0.717, 1.165) is 0 Å². The lowest BCUT2D eigenvalue weighted by atomic mass is 9.70. The van der Waals surface area contributed by atoms with Crippen LogP contribution in [0.3, 0.4) is 0 Å². The highest BCUT2D eigenvalue weighted by Gasteiger charge is 2.77. The van der Waals surface area contributed by atoms with E-state index in [1.165, 1.54) is 4.90 Å². The molecule has 3 heterocycles. The predicted octanol–water partition coefficient (Wildman–Crippen LogP) is 4.74. The van der Waals surface area contributed by atoms with Crippen LogP contribution in [0.1, 0.15) is 51.2 Å². The molecule has 1 spiro atoms. The molecule has 8 atom stereocenters. The molecule has 1 unspecified atom stereocenters. The van der Waals surface area contributed by atoms with Gasteiger partial charge in [0.2, 0.25) is 11.8 Å². The van der Waals surface area contributed by atoms with Crippen LogP contribution < -0.4 is 15.0 Å². The number of hydrogen-bond donors (Lipinski definition) is 2. The molecule has 0 saturated carbocycles. The van der Waals surface area contributed by atoms with Gasteiger partial charge in [0, 0.05) is 23.5 Å². The molecule has 3 fully saturated rings. The number of halogens is 1. The number of methoxy groups -OCH3 is 1. The molecule has 2 N–H and O–H groups in total. The van der Waals surface area contributed by atoms with Crippen molar-refractivity contribution < 1.29 is 38.5 Å². The van der Waals surface area contributed by atoms with Gasteiger partial charge in [-0.2, -0.15) is 0 Å². The smallest absolute Gasteiger partial charge is 0.313 e. The summed E-state index contributed by atoms with van der Waals surface area (Å²) in [6, 6.07) is 14.2. The number of ether oxygens (including phenoxy) is 3. The number of carbonyl (C=O) groups excluding carboxylic acids is 4. The summed E-state index contributed by atoms with van der Waals surface area (Å²) in [7, 11) is 1.56. The summed E-state index contributed by atoms with van der Waals surface area (Å²) < 4.78 is 18.2. The summed E-state index contributed by atoms with van der Waals surface area (Å²) in [4.78, 5) is 59.3. The van der Waals surface area contributed by atoms with Crippen LogP contribution in [0, 0.1) is 17.8 Å². The standard InChI is InChI=1S/C39H48BrN3O8/c1-6-8-14-31(45)41-22-30(25-12-10-9-11-13-25)50-38(48)32-33-36(46)43(27(23-44)20-24(3)4)35(39(33)21-29(40)34(32)51-39)37(47)42(19-7-2)26-15-17-28(49-5)18-16-26/h6-7,9-13,15-18,24,27,29-30,32-35,44H,1-2,8,14,19-23H2,3-5H3,(H,41,45)/t27-,29?,30-,32+,33-,34+,35+,39-/m1/s1. The van der Waals surface area contributed by atoms with Gasteiger partial charge in [-0.15, -0.1) is 13.2 Å². The molecule has 0 aromatic heterocycles. The molecule has 12 heteroatoms. The molecule has 11 nitrogen and oxygen atoms in total. The lowest BCUT2D eigenvalue weighted by Crippen LogP contribution is -2.59. The van der Waals surface area contributed by atoms with E-state index in [9.17, 15) is 24.3 Å². The Labute approximate surface area is 308 Å². The molecule has 0 aliphatic carbocycles. The van der Waals surface area contributed by atoms with Crippen molar-refractivity contribution in [3.05, 3.63) is 85.5 Å². The maximum atomic E-state index is 15.0. The number of rotatable bonds is 17. The third kappa shape index (κ3) is 7.64. The van der Waals surface area contributed by atoms with Gasteiger partial charge in [-0.3, -0.25) is 19.2 Å². The van der Waals surface area contributed by atoms with E-state index in [1.807, 2.05) is 44.2 Å². The minimum Gasteiger partial charge on any atom is -0.497 e. The van der Waals surface area contributed by atoms with Crippen LogP contribution >= 0.6 is 15.9 Å². The van der Waals surface area contributed by atoms with Crippen LogP contribution in [0.2, 0.25) is 0 Å². The summed E-state index contributed by atoms with van der Waals surface area (Å²) in [6.45, 7) is 11.3. The maximum absolute atomic E-state index is 15.0. The lowest BCUT2D eigenvalue weighted by Gasteiger charge is -2.39. The zero-order valence-corrected chi connectivity index (χ0v) is 31.0. The highest BCUT2D eigenvalue weighted by molar-refractivity contribution is 9.09. The Bertz CT molecular complexity index is 1590. The number of fused-ring (bicyclic) bond motifs is 1. The number of nitrogens with zero attached hydrogens (tertiary/aromatic N) is 2. The normalized spacial score (nSPS) is 26.0. The average Bonchev–Trinajstić information content (AvgIpc) is 3.73. The minimum atomic E-state index is -1.38. The van der Waals surface area contributed by atoms with E-state index in [0.29, 0.717) is 29.8 Å². The van der Waals surface area contributed by atoms with Crippen LogP contribution in [-0.4, -0.2) is 89.1 Å². The minimum absolute atomic E-state index is 0.0258. The van der Waals surface area contributed by atoms with Gasteiger partial charge in [-0.1, -0.05) is 72.3 Å². The third-order valence-electron chi connectivity index (χ3n) is 10.0. The van der Waals surface area contributed by atoms with Crippen molar-refractivity contribution in [1.29, 1.82) is 0 Å². The fourth-order valence-corrected chi connectivity index (χ4v) is 8.78. The summed E-state index contributed by atoms with van der Waals surface area (Å²) in [5, 5.41) is 13.6. The maximum Gasteiger partial charge on any atom is 0.313 e. The first-order valence-corrected chi connectivity index (χ1v) is 18.4. The van der Waals surface area contributed by atoms with Crippen molar-refractivity contribution in [2.24, 2.45) is 17.8 Å². The Morgan fingerprint density at radius 3 is 2.45 bits per heavy atom. The summed E-state index contributed by atoms with van der Waals surface area (Å²) in [6.07, 6.45) is 3.13. The number of likely N-dealkylation sites (tertiary alicyclic amines) is 1. The van der Waals surface area contributed by atoms with E-state index in [4.69, 9.17) is 14.2 Å². The van der Waals surface area contributed by atoms with Crippen LogP contribution in [0.25, 0.3) is 0 Å². The zero-order chi connectivity index (χ0) is 36.9. The molecule has 5 rings (SSSR count). The lowest BCUT2D eigenvalue weighted by molar-refractivity contribution is -0.161. The third-order valence-corrected chi connectivity index (χ3v) is 10.9. The van der Waals surface area contributed by atoms with E-state index in [-0.39, 0.29) is 49.2 Å². The molecule has 3 aliphatic rings. The second-order valence-electron chi connectivity index (χ2n) is 13.8. The zero-order valence-electron chi connectivity index (χ0n) is 29.4. The van der Waals surface area contributed by atoms with E-state index >= 15 is 0 Å². The Morgan fingerprint density at radius 1 is 1.14 bits per heavy atom. The first-order chi connectivity index (χ1) is 24.5. The molecule has 3 aliphatic heterocycles. The van der Waals surface area contributed by atoms with Crippen molar-refractivity contribution in [3.63, 3.8) is 0 Å². The largest absolute Gasteiger partial charge is 0.497 e. The highest BCUT2D eigenvalue weighted by Crippen LogP contribution is 2.61. The van der Waals surface area contributed by atoms with Gasteiger partial charge in [-0.25, -0.2) is 0 Å². The van der Waals surface area contributed by atoms with Crippen LogP contribution in [0.5, 0.6) is 5.75 Å². The number of carbonyl (C=O) groups is 4. The number of aliphatic hydroxyl groups excluding tert-OH is 1. The van der Waals surface area contributed by atoms with Crippen LogP contribution in [0.4, 0.5) is 5.69 Å². The molecule has 2 aromatic carbocycles. The average molecular weight is 767 g/mol. The molecular weight excluding hydrogens is 718 g/mol. The summed E-state index contributed by atoms with van der Waals surface area (Å²) >= 11 is 3.73. The number of aliphatic hydroxyl groups is 1. The molecule has 3 amide bonds. The Hall–Kier alpha value is -4.00. The summed E-state index contributed by atoms with van der Waals surface area (Å²) in [5.74, 6) is -3.09. The van der Waals surface area contributed by atoms with Gasteiger partial charge in [0.05, 0.1) is 44.2 Å². The summed E-state index contributed by atoms with van der Waals surface area (Å²) in [5.41, 5.74) is -0.140. The van der Waals surface area contributed by atoms with E-state index < -0.39 is 59.5 Å². The van der Waals surface area contributed by atoms with Crippen molar-refractivity contribution in [2.75, 3.05) is 31.7 Å². The van der Waals surface area contributed by atoms with E-state index in [2.05, 4.69) is 34.4 Å². The van der Waals surface area contributed by atoms with Gasteiger partial charge in [0.25, 0.3) is 5.91 Å². The molecule has 2 aromatic rings. The predicted molar refractivity (Wildman–Crippen MR) is 196 cm³/mol. The van der Waals surface area contributed by atoms with Crippen LogP contribution in [0.15, 0.2) is 79.9 Å². The fraction of sp³-hybridized carbons (Fsp3) is 0.487. The fourth-order valence-electron chi connectivity index (χ4n) is 7.83. The Morgan fingerprint density at radius 2 is 1.84 bits per heavy atom. The Balaban J connectivity index is 1.53. The van der Waals surface area contributed by atoms with Gasteiger partial charge in [0.15, 0.2) is 0 Å². The highest BCUT2D eigenvalue weighted by atomic mass is 79.9. The first kappa shape index (κ1) is 38.2. The number of alkyl halides is 1. The van der Waals surface area contributed by atoms with Crippen molar-refractivity contribution >= 4 is 45.3 Å². The Kier molecular flexibility index (Phi) is 12.4. The van der Waals surface area contributed by atoms with Crippen molar-refractivity contribution in [3.8, 4) is 5.75 Å². The number of allylic oxidation sites excluding steroid dienone is 1. The second kappa shape index (κ2) is 16.6. The number of esters is 1. The molecule has 2 bridgehead atoms. The second-order valence-corrected chi connectivity index (χ2v) is 15.0. The van der Waals surface area contributed by atoms with Gasteiger partial charge >= 0.3 is 5.97 Å². The van der Waals surface area contributed by atoms with Gasteiger partial charge in [-0.05, 0) is 55.0 Å². The molecule has 51 heavy (non-hydrogen) atoms. The van der Waals surface area contributed by atoms with Crippen molar-refractivity contribution in [1.82, 2.24) is 10.2 Å². The monoisotopic (exact) mass is 765 g/mol. The quantitative estimate of drug-likeness (QED) is 0.134. The first-order valence-electron chi connectivity index (χ1n) is 17.5. The van der Waals surface area contributed by atoms with Crippen molar-refractivity contribution in [2.45, 2.75) is 74.3 Å². The van der Waals surface area contributed by atoms with Gasteiger partial charge < -0.3 is 34.4 Å². The van der Waals surface area contributed by atoms with Gasteiger partial charge in [0.1, 0.15) is 23.5 Å². The number of benzene rings is 2. The molecule has 0 radical (unpaired) electrons. The molecular formula is C39H48BrN3O8. The number of amides is 3. The number of nitrogens with one attached hydrogen (secondary N) is 1. The SMILES string of the molecule is C=CCCC(=O)NC[C@@H](OC(=O)[C@@H]1[C@H]2O[C@@]3(CC2Br)[C@H](C(=O)N(CC=C)c2ccc(OC)cc2)N([C@@H](CO)CC(C)C)C(=O)[C@@H]13)c1ccccc1. The molecule has 274 valence electrons. The number of hydrogen-bond acceptors (Lipinski definition) is 8. The van der Waals surface area contributed by atoms with E-state index in [1.54, 1.807) is 48.4 Å². The number of anilines is 1. The topological polar surface area (TPSA) is 135 Å².